The Morgan fingerprint density at radius 1 is 1.07 bits per heavy atom. The number of fused-ring (bicyclic) bond motifs is 1. The maximum Gasteiger partial charge on any atom is 0.220 e. The van der Waals surface area contributed by atoms with E-state index in [4.69, 9.17) is 4.74 Å². The number of carbonyl (C=O) groups is 1. The van der Waals surface area contributed by atoms with Crippen molar-refractivity contribution >= 4 is 16.9 Å². The predicted molar refractivity (Wildman–Crippen MR) is 113 cm³/mol. The summed E-state index contributed by atoms with van der Waals surface area (Å²) in [5.74, 6) is 1.03. The van der Waals surface area contributed by atoms with Crippen molar-refractivity contribution < 1.29 is 9.53 Å². The lowest BCUT2D eigenvalue weighted by Crippen LogP contribution is -2.36. The Balaban J connectivity index is 1.24. The smallest absolute Gasteiger partial charge is 0.220 e. The van der Waals surface area contributed by atoms with Crippen LogP contribution in [0.15, 0.2) is 48.5 Å². The van der Waals surface area contributed by atoms with Gasteiger partial charge in [-0.3, -0.25) is 9.69 Å². The molecule has 0 atom stereocenters. The molecule has 6 heteroatoms. The van der Waals surface area contributed by atoms with Gasteiger partial charge in [0.25, 0.3) is 0 Å². The fourth-order valence-corrected chi connectivity index (χ4v) is 3.71. The first kappa shape index (κ1) is 19.6. The molecule has 0 aliphatic carbocycles. The molecule has 2 aromatic carbocycles. The summed E-state index contributed by atoms with van der Waals surface area (Å²) in [5, 5.41) is 3.08. The number of amides is 1. The number of ether oxygens (including phenoxy) is 1. The Kier molecular flexibility index (Phi) is 6.54. The van der Waals surface area contributed by atoms with Gasteiger partial charge >= 0.3 is 0 Å². The quantitative estimate of drug-likeness (QED) is 0.618. The number of morpholine rings is 1. The average molecular weight is 393 g/mol. The van der Waals surface area contributed by atoms with E-state index in [1.807, 2.05) is 30.3 Å². The van der Waals surface area contributed by atoms with Crippen molar-refractivity contribution in [1.29, 1.82) is 0 Å². The molecular weight excluding hydrogens is 364 g/mol. The molecule has 6 nitrogen and oxygen atoms in total. The van der Waals surface area contributed by atoms with Gasteiger partial charge in [-0.2, -0.15) is 0 Å². The normalized spacial score (nSPS) is 14.9. The first-order chi connectivity index (χ1) is 14.3. The van der Waals surface area contributed by atoms with Crippen molar-refractivity contribution in [1.82, 2.24) is 20.2 Å². The molecular formula is C23H28N4O2. The number of H-pyrrole nitrogens is 1. The highest BCUT2D eigenvalue weighted by atomic mass is 16.5. The number of rotatable bonds is 8. The number of hydrogen-bond donors (Lipinski definition) is 2. The Morgan fingerprint density at radius 2 is 1.83 bits per heavy atom. The van der Waals surface area contributed by atoms with Crippen LogP contribution in [-0.2, 0) is 29.0 Å². The fraction of sp³-hybridized carbons (Fsp3) is 0.391. The van der Waals surface area contributed by atoms with Crippen molar-refractivity contribution in [3.63, 3.8) is 0 Å². The molecule has 152 valence electrons. The lowest BCUT2D eigenvalue weighted by Gasteiger charge is -2.27. The summed E-state index contributed by atoms with van der Waals surface area (Å²) in [6.07, 6.45) is 2.06. The van der Waals surface area contributed by atoms with Gasteiger partial charge < -0.3 is 15.0 Å². The van der Waals surface area contributed by atoms with E-state index in [2.05, 4.69) is 38.4 Å². The fourth-order valence-electron chi connectivity index (χ4n) is 3.71. The molecule has 0 unspecified atom stereocenters. The van der Waals surface area contributed by atoms with E-state index in [0.717, 1.165) is 62.5 Å². The Hall–Kier alpha value is -2.70. The van der Waals surface area contributed by atoms with E-state index >= 15 is 0 Å². The lowest BCUT2D eigenvalue weighted by molar-refractivity contribution is -0.121. The minimum atomic E-state index is 0.0855. The summed E-state index contributed by atoms with van der Waals surface area (Å²) < 4.78 is 5.43. The number of aryl methyl sites for hydroxylation is 1. The predicted octanol–water partition coefficient (Wildman–Crippen LogP) is 3.03. The number of nitrogens with one attached hydrogen (secondary N) is 2. The van der Waals surface area contributed by atoms with Gasteiger partial charge in [0.1, 0.15) is 5.82 Å². The molecule has 1 aliphatic rings. The third kappa shape index (κ3) is 5.43. The van der Waals surface area contributed by atoms with Gasteiger partial charge in [0.15, 0.2) is 0 Å². The monoisotopic (exact) mass is 392 g/mol. The molecule has 0 bridgehead atoms. The van der Waals surface area contributed by atoms with Crippen LogP contribution in [-0.4, -0.2) is 47.1 Å². The molecule has 4 rings (SSSR count). The van der Waals surface area contributed by atoms with Gasteiger partial charge in [-0.15, -0.1) is 0 Å². The van der Waals surface area contributed by atoms with Gasteiger partial charge in [-0.25, -0.2) is 4.98 Å². The highest BCUT2D eigenvalue weighted by Gasteiger charge is 2.13. The molecule has 1 saturated heterocycles. The molecule has 0 radical (unpaired) electrons. The van der Waals surface area contributed by atoms with Crippen LogP contribution >= 0.6 is 0 Å². The number of nitrogens with zero attached hydrogens (tertiary/aromatic N) is 2. The molecule has 29 heavy (non-hydrogen) atoms. The third-order valence-corrected chi connectivity index (χ3v) is 5.35. The summed E-state index contributed by atoms with van der Waals surface area (Å²) in [6, 6.07) is 16.3. The minimum Gasteiger partial charge on any atom is -0.379 e. The highest BCUT2D eigenvalue weighted by Crippen LogP contribution is 2.14. The van der Waals surface area contributed by atoms with Crippen LogP contribution in [0.3, 0.4) is 0 Å². The van der Waals surface area contributed by atoms with Crippen molar-refractivity contribution in [3.8, 4) is 0 Å². The molecule has 0 spiro atoms. The molecule has 2 N–H and O–H groups in total. The zero-order valence-corrected chi connectivity index (χ0v) is 16.7. The van der Waals surface area contributed by atoms with Crippen molar-refractivity contribution in [2.75, 3.05) is 26.3 Å². The van der Waals surface area contributed by atoms with Gasteiger partial charge in [-0.1, -0.05) is 36.4 Å². The summed E-state index contributed by atoms with van der Waals surface area (Å²) in [4.78, 5) is 22.6. The van der Waals surface area contributed by atoms with Crippen molar-refractivity contribution in [3.05, 3.63) is 65.5 Å². The second kappa shape index (κ2) is 9.67. The Bertz CT molecular complexity index is 914. The van der Waals surface area contributed by atoms with Crippen LogP contribution in [0.25, 0.3) is 11.0 Å². The molecule has 1 fully saturated rings. The molecule has 2 heterocycles. The van der Waals surface area contributed by atoms with Crippen LogP contribution in [0.1, 0.15) is 29.8 Å². The molecule has 0 saturated carbocycles. The lowest BCUT2D eigenvalue weighted by atomic mass is 10.1. The van der Waals surface area contributed by atoms with Crippen LogP contribution in [0.2, 0.25) is 0 Å². The molecule has 3 aromatic rings. The Labute approximate surface area is 171 Å². The number of aromatic nitrogens is 2. The summed E-state index contributed by atoms with van der Waals surface area (Å²) in [5.41, 5.74) is 4.48. The van der Waals surface area contributed by atoms with Crippen LogP contribution in [0.4, 0.5) is 0 Å². The first-order valence-corrected chi connectivity index (χ1v) is 10.3. The first-order valence-electron chi connectivity index (χ1n) is 10.3. The maximum atomic E-state index is 12.3. The number of benzene rings is 2. The molecule has 1 aliphatic heterocycles. The summed E-state index contributed by atoms with van der Waals surface area (Å²) in [6.45, 7) is 4.99. The zero-order chi connectivity index (χ0) is 19.9. The van der Waals surface area contributed by atoms with E-state index in [-0.39, 0.29) is 5.91 Å². The van der Waals surface area contributed by atoms with E-state index < -0.39 is 0 Å². The second-order valence-electron chi connectivity index (χ2n) is 7.49. The van der Waals surface area contributed by atoms with Crippen LogP contribution in [0.5, 0.6) is 0 Å². The summed E-state index contributed by atoms with van der Waals surface area (Å²) in [7, 11) is 0. The van der Waals surface area contributed by atoms with E-state index in [9.17, 15) is 4.79 Å². The second-order valence-corrected chi connectivity index (χ2v) is 7.49. The van der Waals surface area contributed by atoms with Crippen LogP contribution in [0, 0.1) is 0 Å². The van der Waals surface area contributed by atoms with Crippen LogP contribution < -0.4 is 5.32 Å². The molecule has 1 amide bonds. The maximum absolute atomic E-state index is 12.3. The van der Waals surface area contributed by atoms with Crippen molar-refractivity contribution in [2.45, 2.75) is 32.4 Å². The number of aromatic amines is 1. The van der Waals surface area contributed by atoms with E-state index in [0.29, 0.717) is 13.0 Å². The van der Waals surface area contributed by atoms with E-state index in [1.165, 1.54) is 11.1 Å². The SMILES string of the molecule is O=C(CCCc1nc2ccccc2[nH]1)NCc1ccccc1CN1CCOCC1. The number of imidazole rings is 1. The summed E-state index contributed by atoms with van der Waals surface area (Å²) >= 11 is 0. The third-order valence-electron chi connectivity index (χ3n) is 5.35. The zero-order valence-electron chi connectivity index (χ0n) is 16.7. The largest absolute Gasteiger partial charge is 0.379 e. The minimum absolute atomic E-state index is 0.0855. The van der Waals surface area contributed by atoms with Gasteiger partial charge in [-0.05, 0) is 29.7 Å². The van der Waals surface area contributed by atoms with Gasteiger partial charge in [0, 0.05) is 39.0 Å². The number of hydrogen-bond acceptors (Lipinski definition) is 4. The standard InChI is InChI=1S/C23H28N4O2/c28-23(11-5-10-22-25-20-8-3-4-9-21(20)26-22)24-16-18-6-1-2-7-19(18)17-27-12-14-29-15-13-27/h1-4,6-9H,5,10-17H2,(H,24,28)(H,25,26). The highest BCUT2D eigenvalue weighted by molar-refractivity contribution is 5.76. The Morgan fingerprint density at radius 3 is 2.66 bits per heavy atom. The van der Waals surface area contributed by atoms with Crippen molar-refractivity contribution in [2.24, 2.45) is 0 Å². The molecule has 1 aromatic heterocycles. The number of carbonyl (C=O) groups excluding carboxylic acids is 1. The topological polar surface area (TPSA) is 70.2 Å². The number of para-hydroxylation sites is 2. The van der Waals surface area contributed by atoms with E-state index in [1.54, 1.807) is 0 Å². The van der Waals surface area contributed by atoms with Gasteiger partial charge in [0.05, 0.1) is 24.2 Å². The van der Waals surface area contributed by atoms with Gasteiger partial charge in [0.2, 0.25) is 5.91 Å². The average Bonchev–Trinajstić information content (AvgIpc) is 3.17.